The van der Waals surface area contributed by atoms with E-state index in [0.29, 0.717) is 16.2 Å². The molecule has 2 aromatic rings. The van der Waals surface area contributed by atoms with Crippen LogP contribution in [-0.2, 0) is 5.41 Å². The molecule has 0 radical (unpaired) electrons. The molecule has 0 atom stereocenters. The SMILES string of the molecule is CC(C)(C)c1nc2scnc2c(=O)[nH]1. The van der Waals surface area contributed by atoms with Crippen LogP contribution >= 0.6 is 11.3 Å². The molecular formula is C9H11N3OS. The molecule has 0 unspecified atom stereocenters. The summed E-state index contributed by atoms with van der Waals surface area (Å²) in [6, 6.07) is 0. The highest BCUT2D eigenvalue weighted by Gasteiger charge is 2.18. The van der Waals surface area contributed by atoms with Crippen molar-refractivity contribution in [2.24, 2.45) is 0 Å². The van der Waals surface area contributed by atoms with Crippen molar-refractivity contribution in [3.63, 3.8) is 0 Å². The van der Waals surface area contributed by atoms with Crippen LogP contribution in [-0.4, -0.2) is 15.0 Å². The summed E-state index contributed by atoms with van der Waals surface area (Å²) in [6.45, 7) is 6.04. The summed E-state index contributed by atoms with van der Waals surface area (Å²) < 4.78 is 0. The minimum Gasteiger partial charge on any atom is -0.308 e. The minimum atomic E-state index is -0.152. The van der Waals surface area contributed by atoms with E-state index in [-0.39, 0.29) is 11.0 Å². The Labute approximate surface area is 85.0 Å². The highest BCUT2D eigenvalue weighted by molar-refractivity contribution is 7.16. The van der Waals surface area contributed by atoms with Gasteiger partial charge in [0.05, 0.1) is 5.51 Å². The molecule has 74 valence electrons. The molecule has 1 N–H and O–H groups in total. The first kappa shape index (κ1) is 9.33. The second-order valence-corrected chi connectivity index (χ2v) is 5.00. The third-order valence-corrected chi connectivity index (χ3v) is 2.64. The normalized spacial score (nSPS) is 12.2. The van der Waals surface area contributed by atoms with Crippen molar-refractivity contribution in [2.75, 3.05) is 0 Å². The Balaban J connectivity index is 2.77. The molecule has 0 fully saturated rings. The Morgan fingerprint density at radius 2 is 2.14 bits per heavy atom. The zero-order valence-electron chi connectivity index (χ0n) is 8.29. The summed E-state index contributed by atoms with van der Waals surface area (Å²) in [5.74, 6) is 0.708. The lowest BCUT2D eigenvalue weighted by molar-refractivity contribution is 0.546. The Kier molecular flexibility index (Phi) is 1.92. The molecule has 0 aliphatic heterocycles. The number of fused-ring (bicyclic) bond motifs is 1. The van der Waals surface area contributed by atoms with Crippen LogP contribution in [0, 0.1) is 0 Å². The van der Waals surface area contributed by atoms with Crippen molar-refractivity contribution in [1.29, 1.82) is 0 Å². The van der Waals surface area contributed by atoms with Crippen molar-refractivity contribution in [2.45, 2.75) is 26.2 Å². The summed E-state index contributed by atoms with van der Waals surface area (Å²) in [6.07, 6.45) is 0. The molecule has 14 heavy (non-hydrogen) atoms. The van der Waals surface area contributed by atoms with Gasteiger partial charge in [-0.25, -0.2) is 9.97 Å². The van der Waals surface area contributed by atoms with Gasteiger partial charge in [-0.05, 0) is 0 Å². The lowest BCUT2D eigenvalue weighted by atomic mass is 9.96. The third-order valence-electron chi connectivity index (χ3n) is 1.92. The highest BCUT2D eigenvalue weighted by Crippen LogP contribution is 2.19. The molecular weight excluding hydrogens is 198 g/mol. The third kappa shape index (κ3) is 1.43. The molecule has 2 heterocycles. The van der Waals surface area contributed by atoms with E-state index in [2.05, 4.69) is 15.0 Å². The molecule has 0 amide bonds. The van der Waals surface area contributed by atoms with Crippen LogP contribution in [0.1, 0.15) is 26.6 Å². The van der Waals surface area contributed by atoms with Gasteiger partial charge in [0, 0.05) is 5.41 Å². The number of hydrogen-bond acceptors (Lipinski definition) is 4. The van der Waals surface area contributed by atoms with Gasteiger partial charge >= 0.3 is 0 Å². The summed E-state index contributed by atoms with van der Waals surface area (Å²) in [4.78, 5) is 23.3. The van der Waals surface area contributed by atoms with E-state index < -0.39 is 0 Å². The van der Waals surface area contributed by atoms with Crippen LogP contribution in [0.25, 0.3) is 10.3 Å². The van der Waals surface area contributed by atoms with Crippen LogP contribution in [0.5, 0.6) is 0 Å². The average Bonchev–Trinajstić information content (AvgIpc) is 2.50. The molecule has 0 aliphatic carbocycles. The Morgan fingerprint density at radius 1 is 1.43 bits per heavy atom. The summed E-state index contributed by atoms with van der Waals surface area (Å²) in [5, 5.41) is 0. The van der Waals surface area contributed by atoms with Gasteiger partial charge in [0.1, 0.15) is 5.82 Å². The summed E-state index contributed by atoms with van der Waals surface area (Å²) in [7, 11) is 0. The maximum Gasteiger partial charge on any atom is 0.278 e. The zero-order chi connectivity index (χ0) is 10.3. The van der Waals surface area contributed by atoms with Crippen LogP contribution in [0.3, 0.4) is 0 Å². The van der Waals surface area contributed by atoms with Crippen molar-refractivity contribution < 1.29 is 0 Å². The largest absolute Gasteiger partial charge is 0.308 e. The standard InChI is InChI=1S/C9H11N3OS/c1-9(2,3)8-11-6(13)5-7(12-8)14-4-10-5/h4H,1-3H3,(H,11,12,13). The van der Waals surface area contributed by atoms with Crippen molar-refractivity contribution in [3.05, 3.63) is 21.7 Å². The second-order valence-electron chi connectivity index (χ2n) is 4.17. The molecule has 5 heteroatoms. The molecule has 4 nitrogen and oxygen atoms in total. The van der Waals surface area contributed by atoms with E-state index in [1.165, 1.54) is 11.3 Å². The molecule has 0 bridgehead atoms. The molecule has 0 aliphatic rings. The zero-order valence-corrected chi connectivity index (χ0v) is 9.10. The number of nitrogens with one attached hydrogen (secondary N) is 1. The van der Waals surface area contributed by atoms with Gasteiger partial charge in [0.2, 0.25) is 0 Å². The smallest absolute Gasteiger partial charge is 0.278 e. The number of hydrogen-bond donors (Lipinski definition) is 1. The van der Waals surface area contributed by atoms with Crippen molar-refractivity contribution >= 4 is 21.7 Å². The van der Waals surface area contributed by atoms with Crippen LogP contribution in [0.4, 0.5) is 0 Å². The fraction of sp³-hybridized carbons (Fsp3) is 0.444. The van der Waals surface area contributed by atoms with Crippen molar-refractivity contribution in [3.8, 4) is 0 Å². The number of thiazole rings is 1. The monoisotopic (exact) mass is 209 g/mol. The Morgan fingerprint density at radius 3 is 2.79 bits per heavy atom. The lowest BCUT2D eigenvalue weighted by Gasteiger charge is -2.16. The molecule has 2 aromatic heterocycles. The fourth-order valence-corrected chi connectivity index (χ4v) is 1.79. The second kappa shape index (κ2) is 2.88. The molecule has 0 saturated carbocycles. The maximum atomic E-state index is 11.6. The number of H-pyrrole nitrogens is 1. The average molecular weight is 209 g/mol. The van der Waals surface area contributed by atoms with Crippen LogP contribution in [0.15, 0.2) is 10.3 Å². The van der Waals surface area contributed by atoms with E-state index in [0.717, 1.165) is 0 Å². The van der Waals surface area contributed by atoms with Gasteiger partial charge in [0.15, 0.2) is 10.3 Å². The predicted octanol–water partition coefficient (Wildman–Crippen LogP) is 1.68. The lowest BCUT2D eigenvalue weighted by Crippen LogP contribution is -2.21. The summed E-state index contributed by atoms with van der Waals surface area (Å²) >= 11 is 1.39. The van der Waals surface area contributed by atoms with Gasteiger partial charge in [-0.15, -0.1) is 11.3 Å². The van der Waals surface area contributed by atoms with Gasteiger partial charge in [-0.2, -0.15) is 0 Å². The quantitative estimate of drug-likeness (QED) is 0.718. The first-order valence-electron chi connectivity index (χ1n) is 4.32. The van der Waals surface area contributed by atoms with Crippen LogP contribution < -0.4 is 5.56 Å². The van der Waals surface area contributed by atoms with E-state index in [1.54, 1.807) is 5.51 Å². The topological polar surface area (TPSA) is 58.6 Å². The highest BCUT2D eigenvalue weighted by atomic mass is 32.1. The van der Waals surface area contributed by atoms with Gasteiger partial charge < -0.3 is 4.98 Å². The Hall–Kier alpha value is -1.23. The van der Waals surface area contributed by atoms with Crippen LogP contribution in [0.2, 0.25) is 0 Å². The molecule has 2 rings (SSSR count). The van der Waals surface area contributed by atoms with E-state index in [1.807, 2.05) is 20.8 Å². The number of nitrogens with zero attached hydrogens (tertiary/aromatic N) is 2. The van der Waals surface area contributed by atoms with E-state index in [4.69, 9.17) is 0 Å². The Bertz CT molecular complexity index is 521. The molecule has 0 spiro atoms. The fourth-order valence-electron chi connectivity index (χ4n) is 1.13. The van der Waals surface area contributed by atoms with Gasteiger partial charge in [-0.1, -0.05) is 20.8 Å². The number of aromatic amines is 1. The number of rotatable bonds is 0. The first-order valence-corrected chi connectivity index (χ1v) is 5.20. The predicted molar refractivity (Wildman–Crippen MR) is 56.7 cm³/mol. The molecule has 0 aromatic carbocycles. The molecule has 0 saturated heterocycles. The first-order chi connectivity index (χ1) is 6.48. The van der Waals surface area contributed by atoms with Gasteiger partial charge in [0.25, 0.3) is 5.56 Å². The van der Waals surface area contributed by atoms with Crippen molar-refractivity contribution in [1.82, 2.24) is 15.0 Å². The number of aromatic nitrogens is 3. The minimum absolute atomic E-state index is 0.142. The maximum absolute atomic E-state index is 11.6. The van der Waals surface area contributed by atoms with E-state index >= 15 is 0 Å². The van der Waals surface area contributed by atoms with Gasteiger partial charge in [-0.3, -0.25) is 4.79 Å². The summed E-state index contributed by atoms with van der Waals surface area (Å²) in [5.41, 5.74) is 1.78. The van der Waals surface area contributed by atoms with E-state index in [9.17, 15) is 4.79 Å².